The Balaban J connectivity index is 1.69. The highest BCUT2D eigenvalue weighted by Gasteiger charge is 2.21. The number of rotatable bonds is 8. The maximum Gasteiger partial charge on any atom is 0.348 e. The number of hydrogen-bond acceptors (Lipinski definition) is 8. The number of esters is 2. The fourth-order valence-electron chi connectivity index (χ4n) is 2.78. The first-order valence-corrected chi connectivity index (χ1v) is 10.2. The van der Waals surface area contributed by atoms with Crippen molar-refractivity contribution in [2.24, 2.45) is 0 Å². The summed E-state index contributed by atoms with van der Waals surface area (Å²) in [7, 11) is 0. The van der Waals surface area contributed by atoms with E-state index in [1.165, 1.54) is 10.9 Å². The maximum atomic E-state index is 12.8. The molecule has 0 radical (unpaired) electrons. The molecule has 8 nitrogen and oxygen atoms in total. The third-order valence-corrected chi connectivity index (χ3v) is 5.28. The number of hydrogen-bond donors (Lipinski definition) is 0. The van der Waals surface area contributed by atoms with E-state index in [0.29, 0.717) is 26.4 Å². The molecule has 2 aromatic heterocycles. The lowest BCUT2D eigenvalue weighted by Crippen LogP contribution is -2.26. The van der Waals surface area contributed by atoms with Crippen molar-refractivity contribution < 1.29 is 23.8 Å². The molecule has 0 atom stereocenters. The molecular weight excluding hydrogens is 408 g/mol. The fourth-order valence-corrected chi connectivity index (χ4v) is 3.81. The first kappa shape index (κ1) is 21.5. The molecule has 0 saturated carbocycles. The summed E-state index contributed by atoms with van der Waals surface area (Å²) in [5.74, 6) is -0.385. The Bertz CT molecular complexity index is 1100. The standard InChI is InChI=1S/C21H22N2O6S/c1-13(2)29-16(24)11-23-12-22-19-17(20(23)25)14(3)18(30-19)21(26)28-10-9-27-15-7-5-4-6-8-15/h4-8,12-13H,9-11H2,1-3H3. The van der Waals surface area contributed by atoms with E-state index >= 15 is 0 Å². The molecule has 0 saturated heterocycles. The molecule has 0 aliphatic rings. The van der Waals surface area contributed by atoms with Gasteiger partial charge in [0.15, 0.2) is 0 Å². The van der Waals surface area contributed by atoms with Crippen LogP contribution in [0.15, 0.2) is 41.5 Å². The maximum absolute atomic E-state index is 12.8. The molecule has 3 rings (SSSR count). The van der Waals surface area contributed by atoms with E-state index in [1.54, 1.807) is 20.8 Å². The van der Waals surface area contributed by atoms with Crippen LogP contribution >= 0.6 is 11.3 Å². The van der Waals surface area contributed by atoms with E-state index in [1.807, 2.05) is 30.3 Å². The zero-order chi connectivity index (χ0) is 21.7. The number of para-hydroxylation sites is 1. The van der Waals surface area contributed by atoms with Crippen molar-refractivity contribution in [2.45, 2.75) is 33.4 Å². The molecule has 0 unspecified atom stereocenters. The quantitative estimate of drug-likeness (QED) is 0.400. The molecule has 0 fully saturated rings. The van der Waals surface area contributed by atoms with Gasteiger partial charge in [0.1, 0.15) is 35.2 Å². The summed E-state index contributed by atoms with van der Waals surface area (Å²) in [6.45, 7) is 5.16. The predicted molar refractivity (Wildman–Crippen MR) is 112 cm³/mol. The number of nitrogens with zero attached hydrogens (tertiary/aromatic N) is 2. The first-order chi connectivity index (χ1) is 14.4. The minimum Gasteiger partial charge on any atom is -0.490 e. The van der Waals surface area contributed by atoms with Crippen LogP contribution in [-0.4, -0.2) is 40.8 Å². The first-order valence-electron chi connectivity index (χ1n) is 9.39. The second-order valence-corrected chi connectivity index (χ2v) is 7.75. The lowest BCUT2D eigenvalue weighted by Gasteiger charge is -2.09. The second kappa shape index (κ2) is 9.53. The molecule has 9 heteroatoms. The summed E-state index contributed by atoms with van der Waals surface area (Å²) in [6.07, 6.45) is 1.00. The van der Waals surface area contributed by atoms with Gasteiger partial charge < -0.3 is 14.2 Å². The highest BCUT2D eigenvalue weighted by molar-refractivity contribution is 7.20. The molecule has 1 aromatic carbocycles. The van der Waals surface area contributed by atoms with Crippen molar-refractivity contribution in [1.29, 1.82) is 0 Å². The lowest BCUT2D eigenvalue weighted by atomic mass is 10.2. The molecule has 0 bridgehead atoms. The summed E-state index contributed by atoms with van der Waals surface area (Å²) >= 11 is 1.08. The zero-order valence-corrected chi connectivity index (χ0v) is 17.7. The van der Waals surface area contributed by atoms with Crippen molar-refractivity contribution in [2.75, 3.05) is 13.2 Å². The van der Waals surface area contributed by atoms with Crippen molar-refractivity contribution in [3.05, 3.63) is 57.5 Å². The van der Waals surface area contributed by atoms with Gasteiger partial charge in [-0.15, -0.1) is 11.3 Å². The van der Waals surface area contributed by atoms with Crippen LogP contribution in [0.4, 0.5) is 0 Å². The molecule has 0 aliphatic heterocycles. The van der Waals surface area contributed by atoms with Crippen LogP contribution in [0.2, 0.25) is 0 Å². The Morgan fingerprint density at radius 2 is 1.90 bits per heavy atom. The van der Waals surface area contributed by atoms with E-state index < -0.39 is 17.5 Å². The van der Waals surface area contributed by atoms with Gasteiger partial charge in [-0.3, -0.25) is 14.2 Å². The average molecular weight is 430 g/mol. The normalized spacial score (nSPS) is 10.9. The van der Waals surface area contributed by atoms with Gasteiger partial charge in [-0.05, 0) is 38.5 Å². The van der Waals surface area contributed by atoms with Crippen molar-refractivity contribution >= 4 is 33.5 Å². The Morgan fingerprint density at radius 3 is 2.60 bits per heavy atom. The van der Waals surface area contributed by atoms with Crippen molar-refractivity contribution in [3.8, 4) is 5.75 Å². The topological polar surface area (TPSA) is 96.7 Å². The summed E-state index contributed by atoms with van der Waals surface area (Å²) in [4.78, 5) is 42.0. The Hall–Kier alpha value is -3.20. The van der Waals surface area contributed by atoms with Gasteiger partial charge in [0.2, 0.25) is 0 Å². The van der Waals surface area contributed by atoms with E-state index in [-0.39, 0.29) is 25.9 Å². The zero-order valence-electron chi connectivity index (χ0n) is 16.9. The van der Waals surface area contributed by atoms with E-state index in [9.17, 15) is 14.4 Å². The van der Waals surface area contributed by atoms with Crippen molar-refractivity contribution in [3.63, 3.8) is 0 Å². The van der Waals surface area contributed by atoms with E-state index in [4.69, 9.17) is 14.2 Å². The van der Waals surface area contributed by atoms with Crippen LogP contribution in [0, 0.1) is 6.92 Å². The number of carbonyl (C=O) groups is 2. The highest BCUT2D eigenvalue weighted by atomic mass is 32.1. The van der Waals surface area contributed by atoms with Crippen LogP contribution in [0.5, 0.6) is 5.75 Å². The minimum absolute atomic E-state index is 0.0696. The van der Waals surface area contributed by atoms with Crippen LogP contribution < -0.4 is 10.3 Å². The van der Waals surface area contributed by atoms with Crippen LogP contribution in [0.1, 0.15) is 29.1 Å². The molecule has 3 aromatic rings. The Morgan fingerprint density at radius 1 is 1.17 bits per heavy atom. The van der Waals surface area contributed by atoms with Gasteiger partial charge in [-0.2, -0.15) is 0 Å². The van der Waals surface area contributed by atoms with Gasteiger partial charge in [-0.1, -0.05) is 18.2 Å². The third-order valence-electron chi connectivity index (χ3n) is 4.10. The number of thiophene rings is 1. The Kier molecular flexibility index (Phi) is 6.83. The average Bonchev–Trinajstić information content (AvgIpc) is 3.05. The molecule has 158 valence electrons. The number of aryl methyl sites for hydroxylation is 1. The number of fused-ring (bicyclic) bond motifs is 1. The van der Waals surface area contributed by atoms with Crippen LogP contribution in [0.3, 0.4) is 0 Å². The van der Waals surface area contributed by atoms with E-state index in [0.717, 1.165) is 11.3 Å². The largest absolute Gasteiger partial charge is 0.490 e. The molecular formula is C21H22N2O6S. The summed E-state index contributed by atoms with van der Waals surface area (Å²) in [5.41, 5.74) is 0.0778. The molecule has 0 N–H and O–H groups in total. The van der Waals surface area contributed by atoms with Gasteiger partial charge in [0.05, 0.1) is 17.8 Å². The highest BCUT2D eigenvalue weighted by Crippen LogP contribution is 2.27. The summed E-state index contributed by atoms with van der Waals surface area (Å²) < 4.78 is 17.0. The Labute approximate surface area is 177 Å². The molecule has 0 amide bonds. The third kappa shape index (κ3) is 5.04. The smallest absolute Gasteiger partial charge is 0.348 e. The van der Waals surface area contributed by atoms with Crippen LogP contribution in [0.25, 0.3) is 10.2 Å². The predicted octanol–water partition coefficient (Wildman–Crippen LogP) is 2.95. The molecule has 2 heterocycles. The summed E-state index contributed by atoms with van der Waals surface area (Å²) in [6, 6.07) is 9.21. The van der Waals surface area contributed by atoms with Crippen LogP contribution in [-0.2, 0) is 20.8 Å². The number of aromatic nitrogens is 2. The molecule has 30 heavy (non-hydrogen) atoms. The molecule has 0 aliphatic carbocycles. The SMILES string of the molecule is Cc1c(C(=O)OCCOc2ccccc2)sc2ncn(CC(=O)OC(C)C)c(=O)c12. The van der Waals surface area contributed by atoms with Crippen molar-refractivity contribution in [1.82, 2.24) is 9.55 Å². The lowest BCUT2D eigenvalue weighted by molar-refractivity contribution is -0.148. The van der Waals surface area contributed by atoms with Gasteiger partial charge in [0.25, 0.3) is 5.56 Å². The fraction of sp³-hybridized carbons (Fsp3) is 0.333. The van der Waals surface area contributed by atoms with E-state index in [2.05, 4.69) is 4.98 Å². The molecule has 0 spiro atoms. The number of ether oxygens (including phenoxy) is 3. The summed E-state index contributed by atoms with van der Waals surface area (Å²) in [5, 5.41) is 0.298. The van der Waals surface area contributed by atoms with Gasteiger partial charge >= 0.3 is 11.9 Å². The van der Waals surface area contributed by atoms with Gasteiger partial charge in [-0.25, -0.2) is 9.78 Å². The van der Waals surface area contributed by atoms with Gasteiger partial charge in [0, 0.05) is 0 Å². The second-order valence-electron chi connectivity index (χ2n) is 6.75. The monoisotopic (exact) mass is 430 g/mol. The minimum atomic E-state index is -0.544. The number of benzene rings is 1. The number of carbonyl (C=O) groups excluding carboxylic acids is 2.